The van der Waals surface area contributed by atoms with E-state index >= 15 is 0 Å². The van der Waals surface area contributed by atoms with Gasteiger partial charge in [0.05, 0.1) is 16.8 Å². The minimum atomic E-state index is -0.363. The van der Waals surface area contributed by atoms with Gasteiger partial charge in [-0.15, -0.1) is 11.3 Å². The van der Waals surface area contributed by atoms with Gasteiger partial charge in [0.25, 0.3) is 11.8 Å². The van der Waals surface area contributed by atoms with E-state index in [0.29, 0.717) is 16.4 Å². The van der Waals surface area contributed by atoms with E-state index in [0.717, 1.165) is 6.54 Å². The van der Waals surface area contributed by atoms with Crippen LogP contribution in [0.5, 0.6) is 0 Å². The normalized spacial score (nSPS) is 10.6. The lowest BCUT2D eigenvalue weighted by molar-refractivity contribution is 0.101. The molecule has 3 heterocycles. The Morgan fingerprint density at radius 2 is 2.12 bits per heavy atom. The fourth-order valence-electron chi connectivity index (χ4n) is 2.08. The average molecular weight is 344 g/mol. The van der Waals surface area contributed by atoms with Gasteiger partial charge in [0.1, 0.15) is 5.82 Å². The summed E-state index contributed by atoms with van der Waals surface area (Å²) in [5.74, 6) is -0.148. The Morgan fingerprint density at radius 3 is 2.79 bits per heavy atom. The van der Waals surface area contributed by atoms with E-state index in [1.807, 2.05) is 12.3 Å². The molecule has 124 valence electrons. The Bertz CT molecular complexity index is 865. The first-order valence-corrected chi connectivity index (χ1v) is 8.17. The first-order valence-electron chi connectivity index (χ1n) is 7.29. The third-order valence-corrected chi connectivity index (χ3v) is 4.18. The summed E-state index contributed by atoms with van der Waals surface area (Å²) < 4.78 is 3.16. The maximum Gasteiger partial charge on any atom is 0.276 e. The van der Waals surface area contributed by atoms with Gasteiger partial charge in [-0.3, -0.25) is 19.0 Å². The van der Waals surface area contributed by atoms with Gasteiger partial charge in [-0.1, -0.05) is 6.07 Å². The first kappa shape index (κ1) is 15.9. The summed E-state index contributed by atoms with van der Waals surface area (Å²) >= 11 is 1.35. The maximum atomic E-state index is 12.3. The van der Waals surface area contributed by atoms with E-state index in [1.54, 1.807) is 36.3 Å². The van der Waals surface area contributed by atoms with Crippen molar-refractivity contribution in [1.29, 1.82) is 0 Å². The van der Waals surface area contributed by atoms with Crippen LogP contribution in [0.3, 0.4) is 0 Å². The smallest absolute Gasteiger partial charge is 0.276 e. The Kier molecular flexibility index (Phi) is 4.43. The Labute approximate surface area is 142 Å². The number of nitrogens with zero attached hydrogens (tertiary/aromatic N) is 4. The number of aryl methyl sites for hydroxylation is 2. The molecule has 2 amide bonds. The molecule has 0 fully saturated rings. The highest BCUT2D eigenvalue weighted by Crippen LogP contribution is 2.15. The Balaban J connectivity index is 1.70. The molecule has 0 unspecified atom stereocenters. The SMILES string of the molecule is CCn1cc(NC(=O)c2cc(NC(=O)c3cccs3)n(C)n2)cn1. The van der Waals surface area contributed by atoms with Crippen molar-refractivity contribution >= 4 is 34.7 Å². The van der Waals surface area contributed by atoms with Crippen LogP contribution in [0.4, 0.5) is 11.5 Å². The quantitative estimate of drug-likeness (QED) is 0.742. The zero-order valence-electron chi connectivity index (χ0n) is 13.2. The highest BCUT2D eigenvalue weighted by molar-refractivity contribution is 7.12. The molecule has 3 aromatic heterocycles. The zero-order valence-corrected chi connectivity index (χ0v) is 14.0. The third kappa shape index (κ3) is 3.35. The first-order chi connectivity index (χ1) is 11.6. The topological polar surface area (TPSA) is 93.8 Å². The van der Waals surface area contributed by atoms with Crippen molar-refractivity contribution in [2.75, 3.05) is 10.6 Å². The van der Waals surface area contributed by atoms with Crippen molar-refractivity contribution in [3.63, 3.8) is 0 Å². The number of carbonyl (C=O) groups excluding carboxylic acids is 2. The number of rotatable bonds is 5. The second-order valence-corrected chi connectivity index (χ2v) is 5.96. The minimum Gasteiger partial charge on any atom is -0.318 e. The lowest BCUT2D eigenvalue weighted by Gasteiger charge is -2.02. The molecular formula is C15H16N6O2S. The molecule has 0 aliphatic carbocycles. The van der Waals surface area contributed by atoms with Gasteiger partial charge in [0, 0.05) is 25.9 Å². The number of carbonyl (C=O) groups is 2. The van der Waals surface area contributed by atoms with E-state index in [1.165, 1.54) is 22.1 Å². The summed E-state index contributed by atoms with van der Waals surface area (Å²) in [6, 6.07) is 5.07. The molecule has 0 spiro atoms. The van der Waals surface area contributed by atoms with Crippen molar-refractivity contribution < 1.29 is 9.59 Å². The Hall–Kier alpha value is -2.94. The van der Waals surface area contributed by atoms with Crippen molar-refractivity contribution in [3.8, 4) is 0 Å². The van der Waals surface area contributed by atoms with Crippen LogP contribution in [0.1, 0.15) is 27.1 Å². The van der Waals surface area contributed by atoms with Gasteiger partial charge in [-0.25, -0.2) is 0 Å². The summed E-state index contributed by atoms with van der Waals surface area (Å²) in [4.78, 5) is 24.9. The lowest BCUT2D eigenvalue weighted by atomic mass is 10.3. The number of nitrogens with one attached hydrogen (secondary N) is 2. The van der Waals surface area contributed by atoms with Crippen molar-refractivity contribution in [2.24, 2.45) is 7.05 Å². The molecule has 24 heavy (non-hydrogen) atoms. The zero-order chi connectivity index (χ0) is 17.1. The number of hydrogen-bond donors (Lipinski definition) is 2. The van der Waals surface area contributed by atoms with Crippen LogP contribution in [-0.4, -0.2) is 31.4 Å². The van der Waals surface area contributed by atoms with Crippen molar-refractivity contribution in [3.05, 3.63) is 46.5 Å². The van der Waals surface area contributed by atoms with Gasteiger partial charge < -0.3 is 10.6 Å². The standard InChI is InChI=1S/C15H16N6O2S/c1-3-21-9-10(8-16-21)17-14(22)11-7-13(20(2)19-11)18-15(23)12-5-4-6-24-12/h4-9H,3H2,1-2H3,(H,17,22)(H,18,23). The number of amides is 2. The van der Waals surface area contributed by atoms with Gasteiger partial charge in [0.15, 0.2) is 5.69 Å². The monoisotopic (exact) mass is 344 g/mol. The molecule has 0 saturated carbocycles. The van der Waals surface area contributed by atoms with Crippen LogP contribution in [-0.2, 0) is 13.6 Å². The second-order valence-electron chi connectivity index (χ2n) is 5.01. The molecule has 3 aromatic rings. The molecule has 0 aliphatic rings. The lowest BCUT2D eigenvalue weighted by Crippen LogP contribution is -2.13. The van der Waals surface area contributed by atoms with E-state index in [-0.39, 0.29) is 17.5 Å². The number of hydrogen-bond acceptors (Lipinski definition) is 5. The van der Waals surface area contributed by atoms with Crippen LogP contribution in [0.2, 0.25) is 0 Å². The molecule has 0 bridgehead atoms. The predicted molar refractivity (Wildman–Crippen MR) is 91.3 cm³/mol. The highest BCUT2D eigenvalue weighted by Gasteiger charge is 2.16. The molecule has 0 saturated heterocycles. The summed E-state index contributed by atoms with van der Waals surface area (Å²) in [6.45, 7) is 2.68. The van der Waals surface area contributed by atoms with Gasteiger partial charge >= 0.3 is 0 Å². The van der Waals surface area contributed by atoms with E-state index < -0.39 is 0 Å². The molecule has 0 aliphatic heterocycles. The highest BCUT2D eigenvalue weighted by atomic mass is 32.1. The van der Waals surface area contributed by atoms with Crippen LogP contribution >= 0.6 is 11.3 Å². The third-order valence-electron chi connectivity index (χ3n) is 3.31. The molecular weight excluding hydrogens is 328 g/mol. The fraction of sp³-hybridized carbons (Fsp3) is 0.200. The number of aromatic nitrogens is 4. The summed E-state index contributed by atoms with van der Waals surface area (Å²) in [7, 11) is 1.66. The van der Waals surface area contributed by atoms with Crippen LogP contribution in [0.25, 0.3) is 0 Å². The Morgan fingerprint density at radius 1 is 1.29 bits per heavy atom. The van der Waals surface area contributed by atoms with Gasteiger partial charge in [-0.05, 0) is 18.4 Å². The fourth-order valence-corrected chi connectivity index (χ4v) is 2.70. The van der Waals surface area contributed by atoms with Crippen LogP contribution in [0.15, 0.2) is 36.0 Å². The summed E-state index contributed by atoms with van der Waals surface area (Å²) in [5, 5.41) is 15.5. The number of anilines is 2. The van der Waals surface area contributed by atoms with E-state index in [4.69, 9.17) is 0 Å². The molecule has 0 aromatic carbocycles. The predicted octanol–water partition coefficient (Wildman–Crippen LogP) is 2.20. The maximum absolute atomic E-state index is 12.3. The van der Waals surface area contributed by atoms with E-state index in [2.05, 4.69) is 20.8 Å². The van der Waals surface area contributed by atoms with Crippen LogP contribution < -0.4 is 10.6 Å². The molecule has 0 atom stereocenters. The second kappa shape index (κ2) is 6.67. The molecule has 3 rings (SSSR count). The minimum absolute atomic E-state index is 0.211. The molecule has 8 nitrogen and oxygen atoms in total. The van der Waals surface area contributed by atoms with Crippen LogP contribution in [0, 0.1) is 0 Å². The largest absolute Gasteiger partial charge is 0.318 e. The average Bonchev–Trinajstić information content (AvgIpc) is 3.29. The molecule has 0 radical (unpaired) electrons. The molecule has 2 N–H and O–H groups in total. The molecule has 9 heteroatoms. The van der Waals surface area contributed by atoms with Gasteiger partial charge in [0.2, 0.25) is 0 Å². The van der Waals surface area contributed by atoms with Gasteiger partial charge in [-0.2, -0.15) is 10.2 Å². The van der Waals surface area contributed by atoms with Crippen molar-refractivity contribution in [1.82, 2.24) is 19.6 Å². The van der Waals surface area contributed by atoms with E-state index in [9.17, 15) is 9.59 Å². The van der Waals surface area contributed by atoms with Crippen molar-refractivity contribution in [2.45, 2.75) is 13.5 Å². The summed E-state index contributed by atoms with van der Waals surface area (Å²) in [6.07, 6.45) is 3.31. The number of thiophene rings is 1. The summed E-state index contributed by atoms with van der Waals surface area (Å²) in [5.41, 5.74) is 0.805.